The van der Waals surface area contributed by atoms with Gasteiger partial charge in [-0.05, 0) is 24.9 Å². The highest BCUT2D eigenvalue weighted by atomic mass is 32.2. The molecule has 0 radical (unpaired) electrons. The summed E-state index contributed by atoms with van der Waals surface area (Å²) in [5.74, 6) is 2.01. The van der Waals surface area contributed by atoms with Crippen LogP contribution < -0.4 is 11.1 Å². The third-order valence-corrected chi connectivity index (χ3v) is 2.46. The number of nitrogens with two attached hydrogens (primary N) is 1. The summed E-state index contributed by atoms with van der Waals surface area (Å²) in [4.78, 5) is 10.4. The van der Waals surface area contributed by atoms with Crippen molar-refractivity contribution in [3.63, 3.8) is 0 Å². The number of thioether (sulfide) groups is 1. The van der Waals surface area contributed by atoms with Gasteiger partial charge in [0, 0.05) is 6.04 Å². The lowest BCUT2D eigenvalue weighted by atomic mass is 10.2. The molecule has 0 fully saturated rings. The van der Waals surface area contributed by atoms with Gasteiger partial charge in [-0.2, -0.15) is 11.8 Å². The van der Waals surface area contributed by atoms with Gasteiger partial charge < -0.3 is 11.1 Å². The van der Waals surface area contributed by atoms with E-state index in [0.29, 0.717) is 6.04 Å². The molecule has 1 unspecified atom stereocenters. The first kappa shape index (κ1) is 11.8. The van der Waals surface area contributed by atoms with Crippen LogP contribution in [0.1, 0.15) is 20.3 Å². The highest BCUT2D eigenvalue weighted by Gasteiger charge is 2.01. The van der Waals surface area contributed by atoms with Gasteiger partial charge >= 0.3 is 0 Å². The van der Waals surface area contributed by atoms with Crippen molar-refractivity contribution in [2.45, 2.75) is 26.3 Å². The molecule has 0 aliphatic carbocycles. The second-order valence-electron chi connectivity index (χ2n) is 2.73. The quantitative estimate of drug-likeness (QED) is 0.578. The van der Waals surface area contributed by atoms with Crippen LogP contribution in [0.15, 0.2) is 0 Å². The van der Waals surface area contributed by atoms with Crippen molar-refractivity contribution in [2.24, 2.45) is 5.73 Å². The van der Waals surface area contributed by atoms with E-state index in [4.69, 9.17) is 5.73 Å². The fourth-order valence-corrected chi connectivity index (χ4v) is 1.59. The number of carbonyl (C=O) groups excluding carboxylic acids is 1. The summed E-state index contributed by atoms with van der Waals surface area (Å²) in [7, 11) is 0. The van der Waals surface area contributed by atoms with Gasteiger partial charge in [-0.25, -0.2) is 0 Å². The number of primary amides is 1. The maximum absolute atomic E-state index is 10.4. The van der Waals surface area contributed by atoms with Gasteiger partial charge in [0.1, 0.15) is 0 Å². The van der Waals surface area contributed by atoms with E-state index < -0.39 is 0 Å². The van der Waals surface area contributed by atoms with Crippen molar-refractivity contribution in [1.82, 2.24) is 5.32 Å². The number of amides is 1. The molecule has 1 atom stereocenters. The molecule has 0 heterocycles. The number of hydrogen-bond donors (Lipinski definition) is 2. The summed E-state index contributed by atoms with van der Waals surface area (Å²) in [6, 6.07) is 0.386. The molecule has 4 heteroatoms. The molecule has 0 aromatic heterocycles. The van der Waals surface area contributed by atoms with Gasteiger partial charge in [-0.3, -0.25) is 4.79 Å². The van der Waals surface area contributed by atoms with Gasteiger partial charge in [-0.1, -0.05) is 6.92 Å². The smallest absolute Gasteiger partial charge is 0.231 e. The Morgan fingerprint density at radius 2 is 2.33 bits per heavy atom. The summed E-state index contributed by atoms with van der Waals surface area (Å²) in [5, 5.41) is 3.05. The highest BCUT2D eigenvalue weighted by Crippen LogP contribution is 2.03. The van der Waals surface area contributed by atoms with Crippen LogP contribution in [0.4, 0.5) is 0 Å². The third-order valence-electron chi connectivity index (χ3n) is 1.52. The first-order valence-corrected chi connectivity index (χ1v) is 5.41. The van der Waals surface area contributed by atoms with Crippen LogP contribution in [0.3, 0.4) is 0 Å². The first-order valence-electron chi connectivity index (χ1n) is 4.26. The Morgan fingerprint density at radius 3 is 2.83 bits per heavy atom. The summed E-state index contributed by atoms with van der Waals surface area (Å²) < 4.78 is 0. The van der Waals surface area contributed by atoms with Crippen LogP contribution in [0.5, 0.6) is 0 Å². The molecule has 72 valence electrons. The zero-order valence-corrected chi connectivity index (χ0v) is 8.62. The molecule has 0 aliphatic heterocycles. The average molecular weight is 190 g/mol. The van der Waals surface area contributed by atoms with E-state index in [-0.39, 0.29) is 12.5 Å². The second-order valence-corrected chi connectivity index (χ2v) is 4.13. The van der Waals surface area contributed by atoms with Crippen molar-refractivity contribution in [1.29, 1.82) is 0 Å². The van der Waals surface area contributed by atoms with Crippen LogP contribution in [-0.4, -0.2) is 30.0 Å². The Kier molecular flexibility index (Phi) is 7.29. The monoisotopic (exact) mass is 190 g/mol. The van der Waals surface area contributed by atoms with Crippen molar-refractivity contribution in [3.8, 4) is 0 Å². The molecule has 0 rings (SSSR count). The van der Waals surface area contributed by atoms with Crippen molar-refractivity contribution in [3.05, 3.63) is 0 Å². The minimum Gasteiger partial charge on any atom is -0.369 e. The molecule has 0 aromatic carbocycles. The summed E-state index contributed by atoms with van der Waals surface area (Å²) in [6.07, 6.45) is 1.09. The van der Waals surface area contributed by atoms with Gasteiger partial charge in [-0.15, -0.1) is 0 Å². The van der Waals surface area contributed by atoms with E-state index in [1.165, 1.54) is 0 Å². The zero-order valence-electron chi connectivity index (χ0n) is 7.80. The molecule has 0 saturated heterocycles. The molecule has 0 bridgehead atoms. The van der Waals surface area contributed by atoms with E-state index in [9.17, 15) is 4.79 Å². The van der Waals surface area contributed by atoms with Crippen LogP contribution in [0.2, 0.25) is 0 Å². The van der Waals surface area contributed by atoms with E-state index in [1.54, 1.807) is 0 Å². The fraction of sp³-hybridized carbons (Fsp3) is 0.875. The Balaban J connectivity index is 3.21. The van der Waals surface area contributed by atoms with Crippen molar-refractivity contribution >= 4 is 17.7 Å². The van der Waals surface area contributed by atoms with Gasteiger partial charge in [0.15, 0.2) is 0 Å². The maximum Gasteiger partial charge on any atom is 0.231 e. The van der Waals surface area contributed by atoms with E-state index in [2.05, 4.69) is 19.2 Å². The van der Waals surface area contributed by atoms with Crippen molar-refractivity contribution < 1.29 is 4.79 Å². The molecule has 3 N–H and O–H groups in total. The van der Waals surface area contributed by atoms with E-state index in [1.807, 2.05) is 11.8 Å². The lowest BCUT2D eigenvalue weighted by molar-refractivity contribution is -0.117. The van der Waals surface area contributed by atoms with Crippen LogP contribution in [0, 0.1) is 0 Å². The van der Waals surface area contributed by atoms with Gasteiger partial charge in [0.05, 0.1) is 6.54 Å². The topological polar surface area (TPSA) is 55.1 Å². The first-order chi connectivity index (χ1) is 5.66. The SMILES string of the molecule is CCSCCC(C)NCC(N)=O. The number of rotatable bonds is 7. The van der Waals surface area contributed by atoms with Crippen LogP contribution in [-0.2, 0) is 4.79 Å². The Bertz CT molecular complexity index is 130. The summed E-state index contributed by atoms with van der Waals surface area (Å²) in [5.41, 5.74) is 4.99. The molecule has 3 nitrogen and oxygen atoms in total. The highest BCUT2D eigenvalue weighted by molar-refractivity contribution is 7.99. The van der Waals surface area contributed by atoms with Crippen LogP contribution >= 0.6 is 11.8 Å². The molecule has 1 amide bonds. The molecule has 0 spiro atoms. The average Bonchev–Trinajstić information content (AvgIpc) is 2.01. The van der Waals surface area contributed by atoms with Gasteiger partial charge in [0.25, 0.3) is 0 Å². The predicted molar refractivity (Wildman–Crippen MR) is 54.3 cm³/mol. The standard InChI is InChI=1S/C8H18N2OS/c1-3-12-5-4-7(2)10-6-8(9)11/h7,10H,3-6H2,1-2H3,(H2,9,11). The molecule has 0 aliphatic rings. The maximum atomic E-state index is 10.4. The van der Waals surface area contributed by atoms with Crippen LogP contribution in [0.25, 0.3) is 0 Å². The second kappa shape index (κ2) is 7.43. The van der Waals surface area contributed by atoms with E-state index >= 15 is 0 Å². The summed E-state index contributed by atoms with van der Waals surface area (Å²) in [6.45, 7) is 4.50. The largest absolute Gasteiger partial charge is 0.369 e. The number of nitrogens with one attached hydrogen (secondary N) is 1. The normalized spacial score (nSPS) is 12.8. The van der Waals surface area contributed by atoms with E-state index in [0.717, 1.165) is 17.9 Å². The minimum absolute atomic E-state index is 0.287. The molecular formula is C8H18N2OS. The Hall–Kier alpha value is -0.220. The molecule has 12 heavy (non-hydrogen) atoms. The van der Waals surface area contributed by atoms with Gasteiger partial charge in [0.2, 0.25) is 5.91 Å². The Labute approximate surface area is 78.5 Å². The molecule has 0 aromatic rings. The number of hydrogen-bond acceptors (Lipinski definition) is 3. The van der Waals surface area contributed by atoms with Crippen molar-refractivity contribution in [2.75, 3.05) is 18.1 Å². The summed E-state index contributed by atoms with van der Waals surface area (Å²) >= 11 is 1.91. The predicted octanol–water partition coefficient (Wildman–Crippen LogP) is 0.593. The minimum atomic E-state index is -0.287. The molecule has 0 saturated carbocycles. The molecular weight excluding hydrogens is 172 g/mol. The lowest BCUT2D eigenvalue weighted by Gasteiger charge is -2.11. The third kappa shape index (κ3) is 7.88. The fourth-order valence-electron chi connectivity index (χ4n) is 0.781. The Morgan fingerprint density at radius 1 is 1.67 bits per heavy atom. The zero-order chi connectivity index (χ0) is 9.40. The number of carbonyl (C=O) groups is 1. The lowest BCUT2D eigenvalue weighted by Crippen LogP contribution is -2.35.